The number of amides is 1. The number of nitrogens with one attached hydrogen (secondary N) is 1. The van der Waals surface area contributed by atoms with Gasteiger partial charge in [-0.15, -0.1) is 0 Å². The monoisotopic (exact) mass is 589 g/mol. The van der Waals surface area contributed by atoms with Gasteiger partial charge in [0.05, 0.1) is 23.2 Å². The molecule has 10 nitrogen and oxygen atoms in total. The number of furan rings is 1. The van der Waals surface area contributed by atoms with E-state index in [0.29, 0.717) is 84.7 Å². The number of benzene rings is 2. The van der Waals surface area contributed by atoms with Gasteiger partial charge in [-0.25, -0.2) is 0 Å². The van der Waals surface area contributed by atoms with Crippen LogP contribution in [-0.4, -0.2) is 73.3 Å². The van der Waals surface area contributed by atoms with Gasteiger partial charge >= 0.3 is 0 Å². The van der Waals surface area contributed by atoms with Crippen LogP contribution in [0.4, 0.5) is 17.1 Å². The fourth-order valence-electron chi connectivity index (χ4n) is 4.62. The highest BCUT2D eigenvalue weighted by molar-refractivity contribution is 7.80. The lowest BCUT2D eigenvalue weighted by Crippen LogP contribution is -2.52. The highest BCUT2D eigenvalue weighted by Gasteiger charge is 2.26. The Kier molecular flexibility index (Phi) is 8.22. The summed E-state index contributed by atoms with van der Waals surface area (Å²) in [5.41, 5.74) is 2.22. The zero-order chi connectivity index (χ0) is 27.5. The number of nitro benzene ring substituents is 1. The van der Waals surface area contributed by atoms with Gasteiger partial charge in [0.1, 0.15) is 11.4 Å². The molecule has 0 saturated carbocycles. The molecule has 0 atom stereocenters. The number of carbonyl (C=O) groups is 1. The van der Waals surface area contributed by atoms with Crippen LogP contribution in [-0.2, 0) is 4.74 Å². The van der Waals surface area contributed by atoms with Gasteiger partial charge in [0.2, 0.25) is 0 Å². The minimum absolute atomic E-state index is 0.0857. The van der Waals surface area contributed by atoms with Crippen LogP contribution in [0.5, 0.6) is 0 Å². The molecule has 3 heterocycles. The zero-order valence-electron chi connectivity index (χ0n) is 20.8. The molecule has 0 spiro atoms. The van der Waals surface area contributed by atoms with Gasteiger partial charge in [0.15, 0.2) is 10.9 Å². The lowest BCUT2D eigenvalue weighted by Gasteiger charge is -2.37. The van der Waals surface area contributed by atoms with Crippen LogP contribution < -0.4 is 15.1 Å². The number of hydrogen-bond acceptors (Lipinski definition) is 8. The van der Waals surface area contributed by atoms with E-state index in [4.69, 9.17) is 44.6 Å². The molecule has 2 aliphatic rings. The molecule has 1 amide bonds. The van der Waals surface area contributed by atoms with Crippen molar-refractivity contribution < 1.29 is 18.9 Å². The normalized spacial score (nSPS) is 15.8. The van der Waals surface area contributed by atoms with E-state index >= 15 is 0 Å². The van der Waals surface area contributed by atoms with Crippen molar-refractivity contribution in [2.75, 3.05) is 62.3 Å². The van der Waals surface area contributed by atoms with Crippen molar-refractivity contribution in [1.29, 1.82) is 0 Å². The molecule has 3 aromatic rings. The van der Waals surface area contributed by atoms with Crippen LogP contribution in [0.3, 0.4) is 0 Å². The Morgan fingerprint density at radius 1 is 0.949 bits per heavy atom. The van der Waals surface area contributed by atoms with Crippen molar-refractivity contribution in [3.63, 3.8) is 0 Å². The van der Waals surface area contributed by atoms with Crippen molar-refractivity contribution in [2.24, 2.45) is 0 Å². The molecule has 39 heavy (non-hydrogen) atoms. The Morgan fingerprint density at radius 3 is 2.38 bits per heavy atom. The van der Waals surface area contributed by atoms with E-state index in [0.717, 1.165) is 5.69 Å². The highest BCUT2D eigenvalue weighted by Crippen LogP contribution is 2.34. The van der Waals surface area contributed by atoms with Crippen LogP contribution >= 0.6 is 35.4 Å². The molecular weight excluding hydrogens is 565 g/mol. The molecule has 2 aromatic carbocycles. The van der Waals surface area contributed by atoms with Gasteiger partial charge in [-0.1, -0.05) is 23.2 Å². The summed E-state index contributed by atoms with van der Waals surface area (Å²) in [4.78, 5) is 30.1. The molecule has 2 saturated heterocycles. The highest BCUT2D eigenvalue weighted by atomic mass is 35.5. The van der Waals surface area contributed by atoms with Gasteiger partial charge in [0, 0.05) is 61.6 Å². The standard InChI is InChI=1S/C26H25Cl2N5O5S/c27-17-1-3-19(20(28)15-17)23-5-6-24(38-23)25(34)29-26(39)32-9-7-30(8-10-32)18-2-4-21(33(35)36)22(16-18)31-11-13-37-14-12-31/h1-6,15-16H,7-14H2,(H,29,34,39). The summed E-state index contributed by atoms with van der Waals surface area (Å²) in [6.07, 6.45) is 0. The Balaban J connectivity index is 1.20. The Labute approximate surface area is 240 Å². The van der Waals surface area contributed by atoms with E-state index in [1.165, 1.54) is 0 Å². The number of hydrogen-bond donors (Lipinski definition) is 1. The summed E-state index contributed by atoms with van der Waals surface area (Å²) in [7, 11) is 0. The van der Waals surface area contributed by atoms with Crippen LogP contribution in [0.25, 0.3) is 11.3 Å². The van der Waals surface area contributed by atoms with Crippen LogP contribution in [0.15, 0.2) is 52.9 Å². The first-order valence-electron chi connectivity index (χ1n) is 12.3. The third kappa shape index (κ3) is 6.11. The van der Waals surface area contributed by atoms with Crippen LogP contribution in [0.2, 0.25) is 10.0 Å². The van der Waals surface area contributed by atoms with Crippen LogP contribution in [0.1, 0.15) is 10.6 Å². The van der Waals surface area contributed by atoms with Gasteiger partial charge in [-0.3, -0.25) is 20.2 Å². The number of thiocarbonyl (C=S) groups is 1. The average molecular weight is 590 g/mol. The van der Waals surface area contributed by atoms with Crippen molar-refractivity contribution in [1.82, 2.24) is 10.2 Å². The second kappa shape index (κ2) is 11.8. The SMILES string of the molecule is O=C(NC(=S)N1CCN(c2ccc([N+](=O)[O-])c(N3CCOCC3)c2)CC1)c1ccc(-c2ccc(Cl)cc2Cl)o1. The molecule has 5 rings (SSSR count). The minimum atomic E-state index is -0.454. The zero-order valence-corrected chi connectivity index (χ0v) is 23.1. The second-order valence-corrected chi connectivity index (χ2v) is 10.3. The predicted octanol–water partition coefficient (Wildman–Crippen LogP) is 4.84. The number of anilines is 2. The molecule has 2 aliphatic heterocycles. The number of morpholine rings is 1. The predicted molar refractivity (Wildman–Crippen MR) is 154 cm³/mol. The second-order valence-electron chi connectivity index (χ2n) is 9.05. The number of nitro groups is 1. The summed E-state index contributed by atoms with van der Waals surface area (Å²) in [5.74, 6) is 0.101. The Morgan fingerprint density at radius 2 is 1.69 bits per heavy atom. The molecule has 2 fully saturated rings. The maximum atomic E-state index is 12.8. The summed E-state index contributed by atoms with van der Waals surface area (Å²) >= 11 is 17.7. The number of carbonyl (C=O) groups excluding carboxylic acids is 1. The van der Waals surface area contributed by atoms with Crippen LogP contribution in [0, 0.1) is 10.1 Å². The van der Waals surface area contributed by atoms with Crippen molar-refractivity contribution >= 4 is 63.5 Å². The molecule has 0 radical (unpaired) electrons. The Hall–Kier alpha value is -3.38. The molecule has 1 N–H and O–H groups in total. The van der Waals surface area contributed by atoms with E-state index in [2.05, 4.69) is 10.2 Å². The number of halogens is 2. The summed E-state index contributed by atoms with van der Waals surface area (Å²) in [6.45, 7) is 4.72. The van der Waals surface area contributed by atoms with Gasteiger partial charge in [0.25, 0.3) is 11.6 Å². The van der Waals surface area contributed by atoms with E-state index in [-0.39, 0.29) is 16.4 Å². The molecule has 204 valence electrons. The molecular formula is C26H25Cl2N5O5S. The molecule has 0 bridgehead atoms. The molecule has 1 aromatic heterocycles. The van der Waals surface area contributed by atoms with Crippen molar-refractivity contribution in [3.05, 3.63) is 74.5 Å². The molecule has 0 aliphatic carbocycles. The first-order valence-corrected chi connectivity index (χ1v) is 13.5. The third-order valence-corrected chi connectivity index (χ3v) is 7.59. The Bertz CT molecular complexity index is 1400. The summed E-state index contributed by atoms with van der Waals surface area (Å²) in [6, 6.07) is 13.5. The quantitative estimate of drug-likeness (QED) is 0.254. The topological polar surface area (TPSA) is 104 Å². The smallest absolute Gasteiger partial charge is 0.293 e. The van der Waals surface area contributed by atoms with E-state index in [1.807, 2.05) is 15.9 Å². The number of piperazine rings is 1. The lowest BCUT2D eigenvalue weighted by molar-refractivity contribution is -0.384. The lowest BCUT2D eigenvalue weighted by atomic mass is 10.1. The largest absolute Gasteiger partial charge is 0.451 e. The number of rotatable bonds is 5. The fourth-order valence-corrected chi connectivity index (χ4v) is 5.40. The van der Waals surface area contributed by atoms with Gasteiger partial charge in [-0.2, -0.15) is 0 Å². The van der Waals surface area contributed by atoms with E-state index in [9.17, 15) is 14.9 Å². The minimum Gasteiger partial charge on any atom is -0.451 e. The fraction of sp³-hybridized carbons (Fsp3) is 0.308. The third-order valence-electron chi connectivity index (χ3n) is 6.69. The molecule has 0 unspecified atom stereocenters. The first-order chi connectivity index (χ1) is 18.8. The molecule has 13 heteroatoms. The van der Waals surface area contributed by atoms with Crippen molar-refractivity contribution in [3.8, 4) is 11.3 Å². The van der Waals surface area contributed by atoms with E-state index in [1.54, 1.807) is 42.5 Å². The first kappa shape index (κ1) is 27.2. The average Bonchev–Trinajstić information content (AvgIpc) is 3.43. The number of ether oxygens (including phenoxy) is 1. The van der Waals surface area contributed by atoms with Gasteiger partial charge < -0.3 is 23.9 Å². The maximum Gasteiger partial charge on any atom is 0.293 e. The maximum absolute atomic E-state index is 12.8. The van der Waals surface area contributed by atoms with E-state index < -0.39 is 5.91 Å². The summed E-state index contributed by atoms with van der Waals surface area (Å²) < 4.78 is 11.1. The van der Waals surface area contributed by atoms with Gasteiger partial charge in [-0.05, 0) is 54.7 Å². The summed E-state index contributed by atoms with van der Waals surface area (Å²) in [5, 5.41) is 15.6. The van der Waals surface area contributed by atoms with Crippen molar-refractivity contribution in [2.45, 2.75) is 0 Å². The number of nitrogens with zero attached hydrogens (tertiary/aromatic N) is 4.